The summed E-state index contributed by atoms with van der Waals surface area (Å²) < 4.78 is 23.5. The van der Waals surface area contributed by atoms with Gasteiger partial charge >= 0.3 is 0 Å². The van der Waals surface area contributed by atoms with Gasteiger partial charge in [-0.15, -0.1) is 11.3 Å². The van der Waals surface area contributed by atoms with Gasteiger partial charge in [0.1, 0.15) is 0 Å². The van der Waals surface area contributed by atoms with Crippen LogP contribution in [0.15, 0.2) is 6.07 Å². The van der Waals surface area contributed by atoms with Gasteiger partial charge in [-0.1, -0.05) is 6.92 Å². The molecule has 1 aromatic heterocycles. The van der Waals surface area contributed by atoms with Gasteiger partial charge in [-0.05, 0) is 43.2 Å². The van der Waals surface area contributed by atoms with Crippen molar-refractivity contribution in [3.63, 3.8) is 0 Å². The second-order valence-corrected chi connectivity index (χ2v) is 10.3. The second-order valence-electron chi connectivity index (χ2n) is 6.96. The van der Waals surface area contributed by atoms with E-state index in [0.717, 1.165) is 17.7 Å². The Bertz CT molecular complexity index is 709. The molecule has 3 rings (SSSR count). The number of sulfone groups is 1. The molecule has 2 unspecified atom stereocenters. The van der Waals surface area contributed by atoms with Crippen LogP contribution in [0, 0.1) is 5.92 Å². The molecule has 128 valence electrons. The first kappa shape index (κ1) is 16.9. The number of fused-ring (bicyclic) bond motifs is 1. The summed E-state index contributed by atoms with van der Waals surface area (Å²) >= 11 is 1.58. The summed E-state index contributed by atoms with van der Waals surface area (Å²) in [6, 6.07) is 1.78. The first-order valence-electron chi connectivity index (χ1n) is 8.09. The quantitative estimate of drug-likeness (QED) is 0.777. The zero-order valence-corrected chi connectivity index (χ0v) is 15.5. The molecule has 2 heterocycles. The van der Waals surface area contributed by atoms with Gasteiger partial charge in [0, 0.05) is 19.0 Å². The van der Waals surface area contributed by atoms with E-state index in [1.165, 1.54) is 16.9 Å². The number of amides is 1. The third kappa shape index (κ3) is 3.46. The molecular weight excluding hydrogens is 332 g/mol. The molecule has 7 heteroatoms. The van der Waals surface area contributed by atoms with Crippen LogP contribution in [0.25, 0.3) is 0 Å². The number of hydrogen-bond acceptors (Lipinski definition) is 5. The Balaban J connectivity index is 1.85. The lowest BCUT2D eigenvalue weighted by Gasteiger charge is -2.33. The smallest absolute Gasteiger partial charge is 0.267 e. The summed E-state index contributed by atoms with van der Waals surface area (Å²) in [5.41, 5.74) is 1.30. The van der Waals surface area contributed by atoms with Crippen molar-refractivity contribution >= 4 is 27.1 Å². The van der Waals surface area contributed by atoms with Gasteiger partial charge in [-0.3, -0.25) is 9.80 Å². The van der Waals surface area contributed by atoms with Crippen LogP contribution in [-0.4, -0.2) is 56.0 Å². The van der Waals surface area contributed by atoms with E-state index >= 15 is 0 Å². The van der Waals surface area contributed by atoms with E-state index in [0.29, 0.717) is 12.3 Å². The van der Waals surface area contributed by atoms with Crippen LogP contribution in [0.4, 0.5) is 0 Å². The van der Waals surface area contributed by atoms with Crippen LogP contribution < -0.4 is 0 Å². The molecule has 0 aromatic carbocycles. The number of thiophene rings is 1. The highest BCUT2D eigenvalue weighted by atomic mass is 32.2. The summed E-state index contributed by atoms with van der Waals surface area (Å²) in [5.74, 6) is 0.849. The van der Waals surface area contributed by atoms with Gasteiger partial charge in [-0.25, -0.2) is 13.4 Å². The van der Waals surface area contributed by atoms with E-state index in [9.17, 15) is 13.2 Å². The summed E-state index contributed by atoms with van der Waals surface area (Å²) in [5, 5.41) is 3.36. The highest BCUT2D eigenvalue weighted by Gasteiger charge is 2.37. The van der Waals surface area contributed by atoms with E-state index in [-0.39, 0.29) is 23.5 Å². The SMILES string of the molecule is CC1CCc2sc(C(=O)N(C3CCS(=O)(=O)C3)N(C)C)cc2C1. The van der Waals surface area contributed by atoms with Crippen molar-refractivity contribution in [2.24, 2.45) is 5.92 Å². The van der Waals surface area contributed by atoms with Crippen molar-refractivity contribution in [2.45, 2.75) is 38.6 Å². The zero-order chi connectivity index (χ0) is 16.8. The monoisotopic (exact) mass is 356 g/mol. The topological polar surface area (TPSA) is 57.7 Å². The van der Waals surface area contributed by atoms with Crippen LogP contribution in [0.1, 0.15) is 39.9 Å². The second kappa shape index (κ2) is 6.18. The fourth-order valence-electron chi connectivity index (χ4n) is 3.57. The maximum Gasteiger partial charge on any atom is 0.278 e. The average molecular weight is 357 g/mol. The number of nitrogens with zero attached hydrogens (tertiary/aromatic N) is 2. The third-order valence-corrected chi connectivity index (χ3v) is 7.71. The normalized spacial score (nSPS) is 26.3. The molecule has 2 aliphatic rings. The third-order valence-electron chi connectivity index (χ3n) is 4.73. The Morgan fingerprint density at radius 3 is 2.65 bits per heavy atom. The van der Waals surface area contributed by atoms with Crippen molar-refractivity contribution in [1.29, 1.82) is 0 Å². The van der Waals surface area contributed by atoms with E-state index in [4.69, 9.17) is 0 Å². The molecule has 1 saturated heterocycles. The maximum atomic E-state index is 13.0. The molecule has 1 aliphatic heterocycles. The minimum Gasteiger partial charge on any atom is -0.267 e. The number of aryl methyl sites for hydroxylation is 1. The molecule has 0 saturated carbocycles. The van der Waals surface area contributed by atoms with Crippen molar-refractivity contribution < 1.29 is 13.2 Å². The summed E-state index contributed by atoms with van der Waals surface area (Å²) in [7, 11) is 0.592. The molecule has 0 bridgehead atoms. The highest BCUT2D eigenvalue weighted by molar-refractivity contribution is 7.91. The van der Waals surface area contributed by atoms with Gasteiger partial charge in [0.25, 0.3) is 5.91 Å². The molecule has 1 amide bonds. The predicted molar refractivity (Wildman–Crippen MR) is 92.4 cm³/mol. The van der Waals surface area contributed by atoms with Gasteiger partial charge < -0.3 is 0 Å². The van der Waals surface area contributed by atoms with Gasteiger partial charge in [0.05, 0.1) is 22.4 Å². The van der Waals surface area contributed by atoms with Crippen LogP contribution >= 0.6 is 11.3 Å². The summed E-state index contributed by atoms with van der Waals surface area (Å²) in [6.45, 7) is 2.25. The number of hydrogen-bond donors (Lipinski definition) is 0. The highest BCUT2D eigenvalue weighted by Crippen LogP contribution is 2.33. The van der Waals surface area contributed by atoms with Gasteiger partial charge in [0.15, 0.2) is 9.84 Å². The van der Waals surface area contributed by atoms with E-state index in [1.54, 1.807) is 35.4 Å². The van der Waals surface area contributed by atoms with Gasteiger partial charge in [0.2, 0.25) is 0 Å². The standard InChI is InChI=1S/C16H24N2O3S2/c1-11-4-5-14-12(8-11)9-15(22-14)16(19)18(17(2)3)13-6-7-23(20,21)10-13/h9,11,13H,4-8,10H2,1-3H3. The van der Waals surface area contributed by atoms with Crippen molar-refractivity contribution in [3.8, 4) is 0 Å². The van der Waals surface area contributed by atoms with E-state index < -0.39 is 9.84 Å². The zero-order valence-electron chi connectivity index (χ0n) is 13.9. The molecule has 1 aliphatic carbocycles. The lowest BCUT2D eigenvalue weighted by atomic mass is 9.90. The Labute approximate surface area is 142 Å². The fourth-order valence-corrected chi connectivity index (χ4v) is 6.40. The number of carbonyl (C=O) groups excluding carboxylic acids is 1. The molecular formula is C16H24N2O3S2. The lowest BCUT2D eigenvalue weighted by molar-refractivity contribution is 0.00147. The van der Waals surface area contributed by atoms with Crippen molar-refractivity contribution in [2.75, 3.05) is 25.6 Å². The largest absolute Gasteiger partial charge is 0.278 e. The number of hydrazine groups is 1. The molecule has 1 fully saturated rings. The Hall–Kier alpha value is -0.920. The fraction of sp³-hybridized carbons (Fsp3) is 0.688. The molecule has 1 aromatic rings. The minimum atomic E-state index is -3.02. The first-order chi connectivity index (χ1) is 10.8. The molecule has 0 N–H and O–H groups in total. The number of rotatable bonds is 3. The van der Waals surface area contributed by atoms with E-state index in [2.05, 4.69) is 6.92 Å². The molecule has 23 heavy (non-hydrogen) atoms. The van der Waals surface area contributed by atoms with Crippen LogP contribution in [0.5, 0.6) is 0 Å². The van der Waals surface area contributed by atoms with Crippen LogP contribution in [0.3, 0.4) is 0 Å². The van der Waals surface area contributed by atoms with Crippen molar-refractivity contribution in [3.05, 3.63) is 21.4 Å². The Morgan fingerprint density at radius 1 is 1.30 bits per heavy atom. The minimum absolute atomic E-state index is 0.0656. The van der Waals surface area contributed by atoms with Crippen LogP contribution in [-0.2, 0) is 22.7 Å². The Morgan fingerprint density at radius 2 is 2.04 bits per heavy atom. The molecule has 0 spiro atoms. The Kier molecular flexibility index (Phi) is 4.55. The lowest BCUT2D eigenvalue weighted by Crippen LogP contribution is -2.49. The summed E-state index contributed by atoms with van der Waals surface area (Å²) in [6.07, 6.45) is 3.79. The van der Waals surface area contributed by atoms with E-state index in [1.807, 2.05) is 6.07 Å². The molecule has 2 atom stereocenters. The van der Waals surface area contributed by atoms with Gasteiger partial charge in [-0.2, -0.15) is 0 Å². The number of carbonyl (C=O) groups is 1. The maximum absolute atomic E-state index is 13.0. The molecule has 0 radical (unpaired) electrons. The van der Waals surface area contributed by atoms with Crippen molar-refractivity contribution in [1.82, 2.24) is 10.0 Å². The first-order valence-corrected chi connectivity index (χ1v) is 10.7. The van der Waals surface area contributed by atoms with Crippen LogP contribution in [0.2, 0.25) is 0 Å². The predicted octanol–water partition coefficient (Wildman–Crippen LogP) is 1.98. The summed E-state index contributed by atoms with van der Waals surface area (Å²) in [4.78, 5) is 15.0. The average Bonchev–Trinajstić information content (AvgIpc) is 3.01. The molecule has 5 nitrogen and oxygen atoms in total.